The first-order valence-corrected chi connectivity index (χ1v) is 6.47. The number of aryl methyl sites for hydroxylation is 1. The Morgan fingerprint density at radius 2 is 2.06 bits per heavy atom. The summed E-state index contributed by atoms with van der Waals surface area (Å²) in [6.45, 7) is 6.66. The van der Waals surface area contributed by atoms with Crippen LogP contribution in [0.15, 0.2) is 4.52 Å². The molecule has 1 saturated carbocycles. The largest absolute Gasteiger partial charge is 0.339 e. The van der Waals surface area contributed by atoms with Crippen molar-refractivity contribution in [2.24, 2.45) is 11.1 Å². The summed E-state index contributed by atoms with van der Waals surface area (Å²) in [4.78, 5) is 4.42. The van der Waals surface area contributed by atoms with Crippen molar-refractivity contribution in [2.75, 3.05) is 0 Å². The highest BCUT2D eigenvalue weighted by molar-refractivity contribution is 5.01. The number of nitrogens with two attached hydrogens (primary N) is 1. The van der Waals surface area contributed by atoms with Crippen LogP contribution in [0.1, 0.15) is 58.2 Å². The van der Waals surface area contributed by atoms with E-state index >= 15 is 0 Å². The van der Waals surface area contributed by atoms with E-state index in [1.54, 1.807) is 0 Å². The van der Waals surface area contributed by atoms with E-state index < -0.39 is 0 Å². The van der Waals surface area contributed by atoms with E-state index in [2.05, 4.69) is 30.9 Å². The summed E-state index contributed by atoms with van der Waals surface area (Å²) in [5.74, 6) is 1.52. The van der Waals surface area contributed by atoms with Crippen molar-refractivity contribution in [2.45, 2.75) is 64.8 Å². The smallest absolute Gasteiger partial charge is 0.228 e. The van der Waals surface area contributed by atoms with E-state index in [9.17, 15) is 0 Å². The number of rotatable bonds is 4. The molecular formula is C13H23N3O. The SMILES string of the molecule is CC(C)(C)CCc1noc(CC2(N)CCC2)n1. The van der Waals surface area contributed by atoms with Gasteiger partial charge in [0.05, 0.1) is 0 Å². The van der Waals surface area contributed by atoms with Gasteiger partial charge in [-0.2, -0.15) is 4.98 Å². The van der Waals surface area contributed by atoms with E-state index in [0.717, 1.165) is 37.9 Å². The van der Waals surface area contributed by atoms with Gasteiger partial charge in [-0.25, -0.2) is 0 Å². The molecule has 2 rings (SSSR count). The minimum atomic E-state index is -0.0756. The van der Waals surface area contributed by atoms with Gasteiger partial charge in [-0.05, 0) is 31.1 Å². The number of aromatic nitrogens is 2. The molecule has 0 saturated heterocycles. The molecule has 1 heterocycles. The molecule has 0 aromatic carbocycles. The lowest BCUT2D eigenvalue weighted by atomic mass is 9.75. The Morgan fingerprint density at radius 1 is 1.35 bits per heavy atom. The molecule has 2 N–H and O–H groups in total. The van der Waals surface area contributed by atoms with Gasteiger partial charge in [0.25, 0.3) is 0 Å². The lowest BCUT2D eigenvalue weighted by Crippen LogP contribution is -2.48. The highest BCUT2D eigenvalue weighted by Crippen LogP contribution is 2.32. The second-order valence-corrected chi connectivity index (χ2v) is 6.56. The quantitative estimate of drug-likeness (QED) is 0.873. The Labute approximate surface area is 103 Å². The maximum atomic E-state index is 6.16. The monoisotopic (exact) mass is 237 g/mol. The molecule has 0 aliphatic heterocycles. The van der Waals surface area contributed by atoms with Crippen molar-refractivity contribution in [1.29, 1.82) is 0 Å². The third kappa shape index (κ3) is 3.53. The molecule has 0 bridgehead atoms. The van der Waals surface area contributed by atoms with E-state index in [1.807, 2.05) is 0 Å². The van der Waals surface area contributed by atoms with Gasteiger partial charge in [-0.3, -0.25) is 0 Å². The van der Waals surface area contributed by atoms with Gasteiger partial charge >= 0.3 is 0 Å². The summed E-state index contributed by atoms with van der Waals surface area (Å²) in [7, 11) is 0. The van der Waals surface area contributed by atoms with Crippen LogP contribution in [0.25, 0.3) is 0 Å². The minimum Gasteiger partial charge on any atom is -0.339 e. The highest BCUT2D eigenvalue weighted by Gasteiger charge is 2.34. The average Bonchev–Trinajstić information content (AvgIpc) is 2.59. The topological polar surface area (TPSA) is 64.9 Å². The van der Waals surface area contributed by atoms with Crippen LogP contribution in [-0.2, 0) is 12.8 Å². The molecule has 1 fully saturated rings. The molecular weight excluding hydrogens is 214 g/mol. The van der Waals surface area contributed by atoms with Crippen LogP contribution in [0, 0.1) is 5.41 Å². The second kappa shape index (κ2) is 4.41. The zero-order chi connectivity index (χ0) is 12.5. The molecule has 1 aliphatic carbocycles. The van der Waals surface area contributed by atoms with Gasteiger partial charge in [0.2, 0.25) is 5.89 Å². The molecule has 0 radical (unpaired) electrons. The molecule has 1 aromatic rings. The zero-order valence-electron chi connectivity index (χ0n) is 11.1. The maximum absolute atomic E-state index is 6.16. The molecule has 0 atom stereocenters. The minimum absolute atomic E-state index is 0.0756. The van der Waals surface area contributed by atoms with Gasteiger partial charge in [0.15, 0.2) is 5.82 Å². The fraction of sp³-hybridized carbons (Fsp3) is 0.846. The fourth-order valence-electron chi connectivity index (χ4n) is 2.06. The summed E-state index contributed by atoms with van der Waals surface area (Å²) >= 11 is 0. The first kappa shape index (κ1) is 12.6. The van der Waals surface area contributed by atoms with Crippen molar-refractivity contribution < 1.29 is 4.52 Å². The van der Waals surface area contributed by atoms with Crippen molar-refractivity contribution >= 4 is 0 Å². The first-order chi connectivity index (χ1) is 7.86. The van der Waals surface area contributed by atoms with Crippen molar-refractivity contribution in [1.82, 2.24) is 10.1 Å². The highest BCUT2D eigenvalue weighted by atomic mass is 16.5. The van der Waals surface area contributed by atoms with Gasteiger partial charge in [0.1, 0.15) is 0 Å². The zero-order valence-corrected chi connectivity index (χ0v) is 11.1. The van der Waals surface area contributed by atoms with Gasteiger partial charge in [-0.15, -0.1) is 0 Å². The number of hydrogen-bond donors (Lipinski definition) is 1. The third-order valence-corrected chi connectivity index (χ3v) is 3.46. The van der Waals surface area contributed by atoms with Crippen LogP contribution in [0.4, 0.5) is 0 Å². The van der Waals surface area contributed by atoms with E-state index in [0.29, 0.717) is 11.3 Å². The summed E-state index contributed by atoms with van der Waals surface area (Å²) in [5.41, 5.74) is 6.39. The van der Waals surface area contributed by atoms with E-state index in [-0.39, 0.29) is 5.54 Å². The third-order valence-electron chi connectivity index (χ3n) is 3.46. The van der Waals surface area contributed by atoms with Gasteiger partial charge < -0.3 is 10.3 Å². The van der Waals surface area contributed by atoms with Gasteiger partial charge in [-0.1, -0.05) is 25.9 Å². The van der Waals surface area contributed by atoms with E-state index in [4.69, 9.17) is 10.3 Å². The number of hydrogen-bond acceptors (Lipinski definition) is 4. The lowest BCUT2D eigenvalue weighted by molar-refractivity contribution is 0.221. The number of nitrogens with zero attached hydrogens (tertiary/aromatic N) is 2. The maximum Gasteiger partial charge on any atom is 0.228 e. The lowest BCUT2D eigenvalue weighted by Gasteiger charge is -2.36. The Bertz CT molecular complexity index is 374. The molecule has 96 valence electrons. The first-order valence-electron chi connectivity index (χ1n) is 6.47. The van der Waals surface area contributed by atoms with Crippen LogP contribution < -0.4 is 5.73 Å². The average molecular weight is 237 g/mol. The predicted molar refractivity (Wildman–Crippen MR) is 66.5 cm³/mol. The predicted octanol–water partition coefficient (Wildman–Crippen LogP) is 2.47. The van der Waals surface area contributed by atoms with Crippen molar-refractivity contribution in [3.8, 4) is 0 Å². The molecule has 0 spiro atoms. The summed E-state index contributed by atoms with van der Waals surface area (Å²) < 4.78 is 5.26. The van der Waals surface area contributed by atoms with Crippen LogP contribution in [0.2, 0.25) is 0 Å². The van der Waals surface area contributed by atoms with E-state index in [1.165, 1.54) is 6.42 Å². The molecule has 17 heavy (non-hydrogen) atoms. The molecule has 1 aromatic heterocycles. The van der Waals surface area contributed by atoms with Crippen LogP contribution in [-0.4, -0.2) is 15.7 Å². The molecule has 4 heteroatoms. The Balaban J connectivity index is 1.87. The second-order valence-electron chi connectivity index (χ2n) is 6.56. The summed E-state index contributed by atoms with van der Waals surface area (Å²) in [6, 6.07) is 0. The summed E-state index contributed by atoms with van der Waals surface area (Å²) in [6.07, 6.45) is 6.06. The fourth-order valence-corrected chi connectivity index (χ4v) is 2.06. The molecule has 4 nitrogen and oxygen atoms in total. The molecule has 1 aliphatic rings. The normalized spacial score (nSPS) is 19.1. The standard InChI is InChI=1S/C13H23N3O/c1-12(2,3)8-5-10-15-11(17-16-10)9-13(14)6-4-7-13/h4-9,14H2,1-3H3. The summed E-state index contributed by atoms with van der Waals surface area (Å²) in [5, 5.41) is 4.02. The van der Waals surface area contributed by atoms with Gasteiger partial charge in [0, 0.05) is 18.4 Å². The Hall–Kier alpha value is -0.900. The van der Waals surface area contributed by atoms with Crippen molar-refractivity contribution in [3.63, 3.8) is 0 Å². The van der Waals surface area contributed by atoms with Crippen LogP contribution >= 0.6 is 0 Å². The van der Waals surface area contributed by atoms with Crippen LogP contribution in [0.5, 0.6) is 0 Å². The Morgan fingerprint density at radius 3 is 2.59 bits per heavy atom. The Kier molecular flexibility index (Phi) is 3.25. The molecule has 0 amide bonds. The van der Waals surface area contributed by atoms with Crippen LogP contribution in [0.3, 0.4) is 0 Å². The van der Waals surface area contributed by atoms with Crippen molar-refractivity contribution in [3.05, 3.63) is 11.7 Å². The molecule has 0 unspecified atom stereocenters.